The number of benzene rings is 2. The topological polar surface area (TPSA) is 112 Å². The molecule has 0 atom stereocenters. The van der Waals surface area contributed by atoms with Gasteiger partial charge in [-0.3, -0.25) is 9.52 Å². The lowest BCUT2D eigenvalue weighted by Gasteiger charge is -2.18. The van der Waals surface area contributed by atoms with E-state index in [-0.39, 0.29) is 17.2 Å². The first-order valence-electron chi connectivity index (χ1n) is 9.35. The standard InChI is InChI=1S/C21H17ClF2N4O3S2/c1-21(2,11-25)15-7-12(3-6-16(15)22)9-26-19(29)14-5-4-13(8-17(14)23)33(30,31)28-20-27-10-18(24)32-20/h3-8,10H,9H2,1-2H3,(H,26,29)(H,27,28). The molecular formula is C21H17ClF2N4O3S2. The second-order valence-electron chi connectivity index (χ2n) is 7.45. The van der Waals surface area contributed by atoms with E-state index in [4.69, 9.17) is 11.6 Å². The van der Waals surface area contributed by atoms with E-state index in [0.717, 1.165) is 18.3 Å². The Balaban J connectivity index is 1.74. The van der Waals surface area contributed by atoms with E-state index >= 15 is 0 Å². The van der Waals surface area contributed by atoms with Gasteiger partial charge in [-0.05, 0) is 49.2 Å². The number of amides is 1. The van der Waals surface area contributed by atoms with Crippen molar-refractivity contribution in [1.82, 2.24) is 10.3 Å². The number of aromatic nitrogens is 1. The second kappa shape index (κ2) is 9.43. The van der Waals surface area contributed by atoms with Crippen LogP contribution >= 0.6 is 22.9 Å². The summed E-state index contributed by atoms with van der Waals surface area (Å²) in [6.07, 6.45) is 0.849. The van der Waals surface area contributed by atoms with Gasteiger partial charge in [0, 0.05) is 11.6 Å². The van der Waals surface area contributed by atoms with E-state index in [1.165, 1.54) is 0 Å². The van der Waals surface area contributed by atoms with Gasteiger partial charge in [-0.2, -0.15) is 9.65 Å². The minimum Gasteiger partial charge on any atom is -0.348 e. The molecule has 33 heavy (non-hydrogen) atoms. The van der Waals surface area contributed by atoms with Crippen LogP contribution in [-0.4, -0.2) is 19.3 Å². The summed E-state index contributed by atoms with van der Waals surface area (Å²) in [4.78, 5) is 15.6. The molecule has 0 unspecified atom stereocenters. The molecule has 2 aromatic carbocycles. The molecule has 0 fully saturated rings. The van der Waals surface area contributed by atoms with Crippen molar-refractivity contribution in [3.8, 4) is 6.07 Å². The minimum absolute atomic E-state index is 0.0289. The number of nitriles is 1. The smallest absolute Gasteiger partial charge is 0.263 e. The average Bonchev–Trinajstić information content (AvgIpc) is 3.16. The van der Waals surface area contributed by atoms with E-state index in [1.54, 1.807) is 32.0 Å². The lowest BCUT2D eigenvalue weighted by molar-refractivity contribution is 0.0946. The van der Waals surface area contributed by atoms with Crippen LogP contribution in [0.2, 0.25) is 5.02 Å². The first kappa shape index (κ1) is 24.6. The quantitative estimate of drug-likeness (QED) is 0.482. The number of nitrogens with one attached hydrogen (secondary N) is 2. The zero-order valence-corrected chi connectivity index (χ0v) is 19.7. The van der Waals surface area contributed by atoms with E-state index < -0.39 is 37.2 Å². The highest BCUT2D eigenvalue weighted by Crippen LogP contribution is 2.30. The number of rotatable bonds is 7. The highest BCUT2D eigenvalue weighted by molar-refractivity contribution is 7.93. The molecular weight excluding hydrogens is 494 g/mol. The predicted octanol–water partition coefficient (Wildman–Crippen LogP) is 4.61. The molecule has 172 valence electrons. The van der Waals surface area contributed by atoms with Gasteiger partial charge >= 0.3 is 0 Å². The van der Waals surface area contributed by atoms with Gasteiger partial charge in [0.05, 0.1) is 28.1 Å². The Hall–Kier alpha value is -3.07. The van der Waals surface area contributed by atoms with Crippen molar-refractivity contribution in [3.63, 3.8) is 0 Å². The molecule has 0 spiro atoms. The van der Waals surface area contributed by atoms with Crippen LogP contribution in [0.5, 0.6) is 0 Å². The number of thiazole rings is 1. The molecule has 0 radical (unpaired) electrons. The number of nitrogens with zero attached hydrogens (tertiary/aromatic N) is 2. The van der Waals surface area contributed by atoms with Gasteiger partial charge in [-0.15, -0.1) is 0 Å². The number of hydrogen-bond acceptors (Lipinski definition) is 6. The van der Waals surface area contributed by atoms with Gasteiger partial charge in [-0.1, -0.05) is 35.1 Å². The summed E-state index contributed by atoms with van der Waals surface area (Å²) in [5.41, 5.74) is 0.0290. The van der Waals surface area contributed by atoms with Crippen LogP contribution in [0.3, 0.4) is 0 Å². The van der Waals surface area contributed by atoms with E-state index in [9.17, 15) is 27.3 Å². The predicted molar refractivity (Wildman–Crippen MR) is 121 cm³/mol. The van der Waals surface area contributed by atoms with Gasteiger partial charge < -0.3 is 5.32 Å². The molecule has 3 aromatic rings. The molecule has 0 saturated heterocycles. The lowest BCUT2D eigenvalue weighted by atomic mass is 9.85. The van der Waals surface area contributed by atoms with Gasteiger partial charge in [0.15, 0.2) is 10.3 Å². The highest BCUT2D eigenvalue weighted by atomic mass is 35.5. The van der Waals surface area contributed by atoms with Gasteiger partial charge in [0.25, 0.3) is 15.9 Å². The van der Waals surface area contributed by atoms with Crippen LogP contribution in [0.1, 0.15) is 35.3 Å². The van der Waals surface area contributed by atoms with Gasteiger partial charge in [0.1, 0.15) is 5.82 Å². The normalized spacial score (nSPS) is 11.6. The lowest BCUT2D eigenvalue weighted by Crippen LogP contribution is -2.24. The summed E-state index contributed by atoms with van der Waals surface area (Å²) in [5, 5.41) is 11.4. The summed E-state index contributed by atoms with van der Waals surface area (Å²) in [7, 11) is -4.22. The maximum Gasteiger partial charge on any atom is 0.263 e. The van der Waals surface area contributed by atoms with Crippen molar-refractivity contribution in [2.75, 3.05) is 4.72 Å². The molecule has 12 heteroatoms. The fourth-order valence-corrected chi connectivity index (χ4v) is 4.97. The van der Waals surface area contributed by atoms with Crippen molar-refractivity contribution < 1.29 is 22.0 Å². The Morgan fingerprint density at radius 2 is 1.97 bits per heavy atom. The SMILES string of the molecule is CC(C)(C#N)c1cc(CNC(=O)c2ccc(S(=O)(=O)Nc3ncc(F)s3)cc2F)ccc1Cl. The third-order valence-electron chi connectivity index (χ3n) is 4.63. The average molecular weight is 511 g/mol. The summed E-state index contributed by atoms with van der Waals surface area (Å²) in [6, 6.07) is 9.90. The maximum atomic E-state index is 14.5. The molecule has 0 bridgehead atoms. The molecule has 0 saturated carbocycles. The van der Waals surface area contributed by atoms with E-state index in [1.807, 2.05) is 4.72 Å². The first-order valence-corrected chi connectivity index (χ1v) is 12.0. The third-order valence-corrected chi connectivity index (χ3v) is 7.13. The fourth-order valence-electron chi connectivity index (χ4n) is 2.82. The van der Waals surface area contributed by atoms with Crippen molar-refractivity contribution >= 4 is 44.0 Å². The summed E-state index contributed by atoms with van der Waals surface area (Å²) >= 11 is 6.66. The Bertz CT molecular complexity index is 1370. The second-order valence-corrected chi connectivity index (χ2v) is 10.5. The van der Waals surface area contributed by atoms with Crippen molar-refractivity contribution in [1.29, 1.82) is 5.26 Å². The van der Waals surface area contributed by atoms with E-state index in [2.05, 4.69) is 16.4 Å². The molecule has 0 aliphatic rings. The summed E-state index contributed by atoms with van der Waals surface area (Å²) < 4.78 is 54.3. The number of hydrogen-bond donors (Lipinski definition) is 2. The van der Waals surface area contributed by atoms with Crippen LogP contribution < -0.4 is 10.0 Å². The molecule has 3 rings (SSSR count). The van der Waals surface area contributed by atoms with Crippen molar-refractivity contribution in [3.05, 3.63) is 75.3 Å². The fraction of sp³-hybridized carbons (Fsp3) is 0.190. The van der Waals surface area contributed by atoms with Gasteiger partial charge in [-0.25, -0.2) is 17.8 Å². The largest absolute Gasteiger partial charge is 0.348 e. The van der Waals surface area contributed by atoms with Crippen LogP contribution in [0.25, 0.3) is 0 Å². The number of sulfonamides is 1. The van der Waals surface area contributed by atoms with Gasteiger partial charge in [0.2, 0.25) is 0 Å². The minimum atomic E-state index is -4.22. The molecule has 2 N–H and O–H groups in total. The Kier molecular flexibility index (Phi) is 7.02. The maximum absolute atomic E-state index is 14.5. The van der Waals surface area contributed by atoms with Crippen molar-refractivity contribution in [2.45, 2.75) is 30.7 Å². The monoisotopic (exact) mass is 510 g/mol. The zero-order valence-electron chi connectivity index (χ0n) is 17.3. The Morgan fingerprint density at radius 1 is 1.24 bits per heavy atom. The number of halogens is 3. The highest BCUT2D eigenvalue weighted by Gasteiger charge is 2.24. The summed E-state index contributed by atoms with van der Waals surface area (Å²) in [5.74, 6) is -1.81. The molecule has 1 aromatic heterocycles. The molecule has 7 nitrogen and oxygen atoms in total. The number of carbonyl (C=O) groups is 1. The van der Waals surface area contributed by atoms with E-state index in [0.29, 0.717) is 33.6 Å². The first-order chi connectivity index (χ1) is 15.4. The Morgan fingerprint density at radius 3 is 2.58 bits per heavy atom. The number of anilines is 1. The molecule has 0 aliphatic carbocycles. The molecule has 1 heterocycles. The van der Waals surface area contributed by atoms with Crippen LogP contribution in [0.15, 0.2) is 47.5 Å². The van der Waals surface area contributed by atoms with Crippen molar-refractivity contribution in [2.24, 2.45) is 0 Å². The van der Waals surface area contributed by atoms with Crippen LogP contribution in [0, 0.1) is 22.3 Å². The third kappa shape index (κ3) is 5.65. The number of carbonyl (C=O) groups excluding carboxylic acids is 1. The van der Waals surface area contributed by atoms with Crippen LogP contribution in [0.4, 0.5) is 13.9 Å². The summed E-state index contributed by atoms with van der Waals surface area (Å²) in [6.45, 7) is 3.45. The molecule has 0 aliphatic heterocycles. The Labute approximate surface area is 198 Å². The van der Waals surface area contributed by atoms with Crippen LogP contribution in [-0.2, 0) is 22.0 Å². The zero-order chi connectivity index (χ0) is 24.4. The molecule has 1 amide bonds.